The molecule has 0 spiro atoms. The summed E-state index contributed by atoms with van der Waals surface area (Å²) in [5.74, 6) is 6.04. The molecule has 1 aromatic rings. The molecule has 1 aliphatic rings. The van der Waals surface area contributed by atoms with Gasteiger partial charge in [-0.1, -0.05) is 11.8 Å². The van der Waals surface area contributed by atoms with Crippen molar-refractivity contribution in [3.8, 4) is 11.8 Å². The molecule has 76 valence electrons. The van der Waals surface area contributed by atoms with Crippen molar-refractivity contribution in [2.75, 3.05) is 13.6 Å². The lowest BCUT2D eigenvalue weighted by Crippen LogP contribution is -2.12. The van der Waals surface area contributed by atoms with E-state index in [4.69, 9.17) is 0 Å². The largest absolute Gasteiger partial charge is 0.348 e. The summed E-state index contributed by atoms with van der Waals surface area (Å²) in [4.78, 5) is 11.3. The zero-order valence-electron chi connectivity index (χ0n) is 8.55. The maximum Gasteiger partial charge on any atom is 0.251 e. The molecule has 1 aliphatic heterocycles. The molecule has 15 heavy (non-hydrogen) atoms. The van der Waals surface area contributed by atoms with Gasteiger partial charge in [-0.15, -0.1) is 0 Å². The van der Waals surface area contributed by atoms with Crippen molar-refractivity contribution in [3.63, 3.8) is 0 Å². The standard InChI is InChI=1S/C12H12N2O/c1-13-6-2-3-9-4-5-11-10(7-9)8-14-12(11)15/h4-5,7,13H,6,8H2,1H3,(H,14,15). The van der Waals surface area contributed by atoms with E-state index in [-0.39, 0.29) is 5.91 Å². The van der Waals surface area contributed by atoms with Crippen molar-refractivity contribution >= 4 is 5.91 Å². The van der Waals surface area contributed by atoms with Crippen molar-refractivity contribution in [2.24, 2.45) is 0 Å². The van der Waals surface area contributed by atoms with Crippen molar-refractivity contribution in [1.82, 2.24) is 10.6 Å². The van der Waals surface area contributed by atoms with Crippen molar-refractivity contribution in [1.29, 1.82) is 0 Å². The van der Waals surface area contributed by atoms with Gasteiger partial charge in [0.25, 0.3) is 5.91 Å². The van der Waals surface area contributed by atoms with Gasteiger partial charge in [0.1, 0.15) is 0 Å². The molecule has 0 saturated heterocycles. The van der Waals surface area contributed by atoms with Crippen LogP contribution in [0.3, 0.4) is 0 Å². The monoisotopic (exact) mass is 200 g/mol. The predicted octanol–water partition coefficient (Wildman–Crippen LogP) is 0.501. The highest BCUT2D eigenvalue weighted by molar-refractivity contribution is 5.98. The van der Waals surface area contributed by atoms with E-state index < -0.39 is 0 Å². The number of hydrogen-bond acceptors (Lipinski definition) is 2. The zero-order valence-corrected chi connectivity index (χ0v) is 8.55. The maximum atomic E-state index is 11.3. The number of rotatable bonds is 1. The van der Waals surface area contributed by atoms with Gasteiger partial charge < -0.3 is 10.6 Å². The first-order chi connectivity index (χ1) is 7.31. The summed E-state index contributed by atoms with van der Waals surface area (Å²) >= 11 is 0. The molecule has 0 fully saturated rings. The zero-order chi connectivity index (χ0) is 10.7. The quantitative estimate of drug-likeness (QED) is 0.648. The lowest BCUT2D eigenvalue weighted by Gasteiger charge is -1.95. The highest BCUT2D eigenvalue weighted by Crippen LogP contribution is 2.16. The molecule has 0 atom stereocenters. The molecule has 2 N–H and O–H groups in total. The number of hydrogen-bond donors (Lipinski definition) is 2. The van der Waals surface area contributed by atoms with Gasteiger partial charge in [0.05, 0.1) is 6.54 Å². The molecule has 0 bridgehead atoms. The lowest BCUT2D eigenvalue weighted by molar-refractivity contribution is 0.0966. The Morgan fingerprint density at radius 3 is 3.20 bits per heavy atom. The normalized spacial score (nSPS) is 12.7. The fourth-order valence-electron chi connectivity index (χ4n) is 1.54. The first-order valence-electron chi connectivity index (χ1n) is 4.86. The first kappa shape index (κ1) is 9.75. The molecule has 0 radical (unpaired) electrons. The molecule has 3 heteroatoms. The van der Waals surface area contributed by atoms with Crippen LogP contribution in [0.25, 0.3) is 0 Å². The average molecular weight is 200 g/mol. The third-order valence-corrected chi connectivity index (χ3v) is 2.29. The summed E-state index contributed by atoms with van der Waals surface area (Å²) in [6.07, 6.45) is 0. The highest BCUT2D eigenvalue weighted by atomic mass is 16.1. The van der Waals surface area contributed by atoms with Gasteiger partial charge in [-0.2, -0.15) is 0 Å². The molecule has 1 heterocycles. The Balaban J connectivity index is 2.24. The number of nitrogens with one attached hydrogen (secondary N) is 2. The van der Waals surface area contributed by atoms with E-state index in [1.165, 1.54) is 0 Å². The smallest absolute Gasteiger partial charge is 0.251 e. The van der Waals surface area contributed by atoms with Crippen LogP contribution in [0, 0.1) is 11.8 Å². The number of carbonyl (C=O) groups is 1. The Kier molecular flexibility index (Phi) is 2.70. The van der Waals surface area contributed by atoms with Crippen LogP contribution in [-0.4, -0.2) is 19.5 Å². The van der Waals surface area contributed by atoms with Crippen LogP contribution in [0.1, 0.15) is 21.5 Å². The molecular weight excluding hydrogens is 188 g/mol. The van der Waals surface area contributed by atoms with Gasteiger partial charge >= 0.3 is 0 Å². The fourth-order valence-corrected chi connectivity index (χ4v) is 1.54. The number of amides is 1. The number of benzene rings is 1. The van der Waals surface area contributed by atoms with E-state index in [1.54, 1.807) is 0 Å². The third kappa shape index (κ3) is 2.00. The molecule has 0 aromatic heterocycles. The minimum absolute atomic E-state index is 0.0136. The van der Waals surface area contributed by atoms with Crippen molar-refractivity contribution in [3.05, 3.63) is 34.9 Å². The van der Waals surface area contributed by atoms with E-state index in [2.05, 4.69) is 22.5 Å². The summed E-state index contributed by atoms with van der Waals surface area (Å²) in [5.41, 5.74) is 2.77. The molecule has 0 saturated carbocycles. The molecule has 0 aliphatic carbocycles. The van der Waals surface area contributed by atoms with Gasteiger partial charge in [0.2, 0.25) is 0 Å². The van der Waals surface area contributed by atoms with Crippen LogP contribution in [0.4, 0.5) is 0 Å². The van der Waals surface area contributed by atoms with E-state index in [1.807, 2.05) is 25.2 Å². The summed E-state index contributed by atoms with van der Waals surface area (Å²) in [7, 11) is 1.86. The van der Waals surface area contributed by atoms with Gasteiger partial charge in [-0.3, -0.25) is 4.79 Å². The van der Waals surface area contributed by atoms with E-state index in [0.717, 1.165) is 16.7 Å². The van der Waals surface area contributed by atoms with Crippen molar-refractivity contribution in [2.45, 2.75) is 6.54 Å². The Hall–Kier alpha value is -1.79. The molecular formula is C12H12N2O. The van der Waals surface area contributed by atoms with E-state index in [9.17, 15) is 4.79 Å². The van der Waals surface area contributed by atoms with Crippen LogP contribution in [0.2, 0.25) is 0 Å². The number of carbonyl (C=O) groups excluding carboxylic acids is 1. The first-order valence-corrected chi connectivity index (χ1v) is 4.86. The Labute approximate surface area is 88.9 Å². The summed E-state index contributed by atoms with van der Waals surface area (Å²) in [5, 5.41) is 5.74. The second-order valence-electron chi connectivity index (χ2n) is 3.39. The van der Waals surface area contributed by atoms with Gasteiger partial charge in [0.15, 0.2) is 0 Å². The fraction of sp³-hybridized carbons (Fsp3) is 0.250. The lowest BCUT2D eigenvalue weighted by atomic mass is 10.1. The maximum absolute atomic E-state index is 11.3. The topological polar surface area (TPSA) is 41.1 Å². The van der Waals surface area contributed by atoms with Gasteiger partial charge in [0, 0.05) is 17.7 Å². The van der Waals surface area contributed by atoms with Crippen molar-refractivity contribution < 1.29 is 4.79 Å². The Morgan fingerprint density at radius 1 is 1.53 bits per heavy atom. The van der Waals surface area contributed by atoms with Crippen LogP contribution < -0.4 is 10.6 Å². The molecule has 3 nitrogen and oxygen atoms in total. The summed E-state index contributed by atoms with van der Waals surface area (Å²) in [6.45, 7) is 1.30. The minimum Gasteiger partial charge on any atom is -0.348 e. The second kappa shape index (κ2) is 4.16. The summed E-state index contributed by atoms with van der Waals surface area (Å²) in [6, 6.07) is 5.68. The highest BCUT2D eigenvalue weighted by Gasteiger charge is 2.17. The SMILES string of the molecule is CNCC#Cc1ccc2c(c1)CNC2=O. The van der Waals surface area contributed by atoms with Gasteiger partial charge in [-0.05, 0) is 30.8 Å². The van der Waals surface area contributed by atoms with E-state index in [0.29, 0.717) is 13.1 Å². The Bertz CT molecular complexity index is 454. The van der Waals surface area contributed by atoms with Crippen LogP contribution >= 0.6 is 0 Å². The van der Waals surface area contributed by atoms with Crippen LogP contribution in [0.15, 0.2) is 18.2 Å². The Morgan fingerprint density at radius 2 is 2.40 bits per heavy atom. The third-order valence-electron chi connectivity index (χ3n) is 2.29. The van der Waals surface area contributed by atoms with Crippen LogP contribution in [-0.2, 0) is 6.54 Å². The average Bonchev–Trinajstić information content (AvgIpc) is 2.61. The molecule has 0 unspecified atom stereocenters. The summed E-state index contributed by atoms with van der Waals surface area (Å²) < 4.78 is 0. The molecule has 1 aromatic carbocycles. The van der Waals surface area contributed by atoms with Crippen LogP contribution in [0.5, 0.6) is 0 Å². The predicted molar refractivity (Wildman–Crippen MR) is 58.4 cm³/mol. The number of fused-ring (bicyclic) bond motifs is 1. The molecule has 2 rings (SSSR count). The van der Waals surface area contributed by atoms with Gasteiger partial charge in [-0.25, -0.2) is 0 Å². The van der Waals surface area contributed by atoms with E-state index >= 15 is 0 Å². The molecule has 1 amide bonds. The minimum atomic E-state index is 0.0136. The second-order valence-corrected chi connectivity index (χ2v) is 3.39.